The highest BCUT2D eigenvalue weighted by atomic mass is 31.2. The summed E-state index contributed by atoms with van der Waals surface area (Å²) in [5, 5.41) is 14.1. The first-order valence-electron chi connectivity index (χ1n) is 33.6. The zero-order valence-corrected chi connectivity index (χ0v) is 53.9. The number of carbonyl (C=O) groups excluding carboxylic acids is 1. The molecule has 3 atom stereocenters. The normalized spacial score (nSPS) is 14.3. The van der Waals surface area contributed by atoms with Crippen LogP contribution in [0.1, 0.15) is 296 Å². The van der Waals surface area contributed by atoms with Crippen molar-refractivity contribution >= 4 is 13.7 Å². The van der Waals surface area contributed by atoms with E-state index >= 15 is 0 Å². The number of aliphatic hydroxyl groups is 1. The van der Waals surface area contributed by atoms with Crippen LogP contribution >= 0.6 is 7.82 Å². The van der Waals surface area contributed by atoms with Crippen LogP contribution in [0.15, 0.2) is 97.2 Å². The molecule has 0 aromatic heterocycles. The summed E-state index contributed by atoms with van der Waals surface area (Å²) in [6.45, 7) is 4.63. The van der Waals surface area contributed by atoms with E-state index in [2.05, 4.69) is 116 Å². The molecular weight excluding hydrogens is 1010 g/mol. The van der Waals surface area contributed by atoms with Gasteiger partial charge in [0, 0.05) is 6.42 Å². The topological polar surface area (TPSA) is 108 Å². The van der Waals surface area contributed by atoms with E-state index in [1.165, 1.54) is 180 Å². The number of nitrogens with one attached hydrogen (secondary N) is 1. The van der Waals surface area contributed by atoms with Crippen LogP contribution in [0.3, 0.4) is 0 Å². The second-order valence-electron chi connectivity index (χ2n) is 23.8. The monoisotopic (exact) mass is 1140 g/mol. The number of rotatable bonds is 61. The molecule has 8 nitrogen and oxygen atoms in total. The molecule has 0 aliphatic carbocycles. The Bertz CT molecular complexity index is 1620. The number of hydrogen-bond acceptors (Lipinski definition) is 6. The third kappa shape index (κ3) is 63.0. The maximum absolute atomic E-state index is 13.0. The van der Waals surface area contributed by atoms with Crippen molar-refractivity contribution in [3.8, 4) is 0 Å². The maximum Gasteiger partial charge on any atom is 0.268 e. The van der Waals surface area contributed by atoms with Crippen LogP contribution in [0, 0.1) is 0 Å². The molecule has 9 heteroatoms. The molecule has 0 aliphatic rings. The molecule has 0 rings (SSSR count). The molecular formula is C71H129N2O6P. The number of nitrogens with zero attached hydrogens (tertiary/aromatic N) is 1. The molecule has 464 valence electrons. The van der Waals surface area contributed by atoms with Crippen molar-refractivity contribution in [3.63, 3.8) is 0 Å². The molecule has 0 saturated carbocycles. The molecule has 0 saturated heterocycles. The van der Waals surface area contributed by atoms with E-state index in [1.54, 1.807) is 0 Å². The average Bonchev–Trinajstić information content (AvgIpc) is 3.42. The number of likely N-dealkylation sites (N-methyl/N-ethyl adjacent to an activating group) is 1. The quantitative estimate of drug-likeness (QED) is 0.0272. The Morgan fingerprint density at radius 3 is 1.11 bits per heavy atom. The van der Waals surface area contributed by atoms with Crippen LogP contribution in [-0.4, -0.2) is 68.5 Å². The van der Waals surface area contributed by atoms with E-state index < -0.39 is 20.0 Å². The Labute approximate surface area is 496 Å². The van der Waals surface area contributed by atoms with Gasteiger partial charge in [0.1, 0.15) is 13.2 Å². The smallest absolute Gasteiger partial charge is 0.268 e. The summed E-state index contributed by atoms with van der Waals surface area (Å²) in [6.07, 6.45) is 87.5. The molecule has 2 N–H and O–H groups in total. The highest BCUT2D eigenvalue weighted by Crippen LogP contribution is 2.38. The molecule has 0 aliphatic heterocycles. The van der Waals surface area contributed by atoms with E-state index in [0.29, 0.717) is 23.9 Å². The Kier molecular flexibility index (Phi) is 59.0. The molecule has 3 unspecified atom stereocenters. The lowest BCUT2D eigenvalue weighted by Crippen LogP contribution is -2.46. The van der Waals surface area contributed by atoms with Crippen molar-refractivity contribution in [2.45, 2.75) is 309 Å². The lowest BCUT2D eigenvalue weighted by molar-refractivity contribution is -0.870. The fraction of sp³-hybridized carbons (Fsp3) is 0.761. The average molecular weight is 1140 g/mol. The fourth-order valence-corrected chi connectivity index (χ4v) is 10.4. The number of phosphoric ester groups is 1. The number of amides is 1. The number of hydrogen-bond donors (Lipinski definition) is 2. The lowest BCUT2D eigenvalue weighted by atomic mass is 10.0. The molecule has 0 heterocycles. The third-order valence-corrected chi connectivity index (χ3v) is 15.8. The van der Waals surface area contributed by atoms with E-state index in [0.717, 1.165) is 89.9 Å². The van der Waals surface area contributed by atoms with Gasteiger partial charge in [-0.2, -0.15) is 0 Å². The number of phosphoric acid groups is 1. The van der Waals surface area contributed by atoms with Crippen LogP contribution in [-0.2, 0) is 18.4 Å². The van der Waals surface area contributed by atoms with Gasteiger partial charge in [-0.3, -0.25) is 9.36 Å². The Hall–Kier alpha value is -2.58. The van der Waals surface area contributed by atoms with Gasteiger partial charge in [-0.15, -0.1) is 0 Å². The molecule has 0 aromatic carbocycles. The largest absolute Gasteiger partial charge is 0.756 e. The molecule has 0 radical (unpaired) electrons. The highest BCUT2D eigenvalue weighted by molar-refractivity contribution is 7.45. The zero-order chi connectivity index (χ0) is 58.4. The van der Waals surface area contributed by atoms with Gasteiger partial charge in [-0.05, 0) is 77.0 Å². The first-order valence-corrected chi connectivity index (χ1v) is 35.0. The van der Waals surface area contributed by atoms with Crippen molar-refractivity contribution < 1.29 is 32.9 Å². The highest BCUT2D eigenvalue weighted by Gasteiger charge is 2.24. The zero-order valence-electron chi connectivity index (χ0n) is 53.0. The lowest BCUT2D eigenvalue weighted by Gasteiger charge is -2.30. The SMILES string of the molecule is CC/C=C\C/C=C\C/C=C\C/C=C\C/C=C\C/C=C\C/C=C\C/C=C\CCCCCCCCCCCCCCCCCCC(=O)NC(COP(=O)([O-])OCC[N+](C)(C)C)C(O)CCCCCCCCCCCCCCCCCCC. The van der Waals surface area contributed by atoms with E-state index in [1.807, 2.05) is 21.1 Å². The number of carbonyl (C=O) groups is 1. The molecule has 0 fully saturated rings. The molecule has 0 spiro atoms. The molecule has 0 bridgehead atoms. The maximum atomic E-state index is 13.0. The van der Waals surface area contributed by atoms with Gasteiger partial charge in [-0.1, -0.05) is 310 Å². The van der Waals surface area contributed by atoms with Crippen LogP contribution in [0.2, 0.25) is 0 Å². The number of unbranched alkanes of at least 4 members (excludes halogenated alkanes) is 32. The van der Waals surface area contributed by atoms with Crippen molar-refractivity contribution in [1.82, 2.24) is 5.32 Å². The predicted molar refractivity (Wildman–Crippen MR) is 348 cm³/mol. The Morgan fingerprint density at radius 1 is 0.450 bits per heavy atom. The first-order chi connectivity index (χ1) is 39.0. The standard InChI is InChI=1S/C71H129N2O6P/c1-6-8-10-12-14-16-18-20-22-24-25-26-27-28-29-30-31-32-33-34-35-36-37-38-39-40-41-42-43-44-45-46-47-49-51-53-55-57-59-61-63-65-71(75)72-69(68-79-80(76,77)78-67-66-73(3,4)5)70(74)64-62-60-58-56-54-52-50-48-23-21-19-17-15-13-11-9-7-2/h8,10,14,16,20,22,25-26,28-29,31-32,34-35,37-38,69-70,74H,6-7,9,11-13,15,17-19,21,23-24,27,30,33,36,39-68H2,1-5H3,(H-,72,75,76,77)/b10-8-,16-14-,22-20-,26-25-,29-28-,32-31-,35-34-,38-37-. The summed E-state index contributed by atoms with van der Waals surface area (Å²) < 4.78 is 23.5. The van der Waals surface area contributed by atoms with E-state index in [4.69, 9.17) is 9.05 Å². The third-order valence-electron chi connectivity index (χ3n) is 14.8. The fourth-order valence-electron chi connectivity index (χ4n) is 9.65. The van der Waals surface area contributed by atoms with E-state index in [-0.39, 0.29) is 19.1 Å². The van der Waals surface area contributed by atoms with Crippen LogP contribution < -0.4 is 10.2 Å². The summed E-state index contributed by atoms with van der Waals surface area (Å²) in [6, 6.07) is -0.804. The summed E-state index contributed by atoms with van der Waals surface area (Å²) in [7, 11) is 1.31. The molecule has 0 aromatic rings. The van der Waals surface area contributed by atoms with Crippen LogP contribution in [0.25, 0.3) is 0 Å². The van der Waals surface area contributed by atoms with Crippen molar-refractivity contribution in [1.29, 1.82) is 0 Å². The second-order valence-corrected chi connectivity index (χ2v) is 25.2. The Morgan fingerprint density at radius 2 is 0.762 bits per heavy atom. The minimum atomic E-state index is -4.58. The second kappa shape index (κ2) is 61.0. The minimum absolute atomic E-state index is 0.0106. The van der Waals surface area contributed by atoms with Gasteiger partial charge < -0.3 is 28.8 Å². The van der Waals surface area contributed by atoms with Gasteiger partial charge in [0.05, 0.1) is 39.9 Å². The summed E-state index contributed by atoms with van der Waals surface area (Å²) in [5.74, 6) is -0.164. The van der Waals surface area contributed by atoms with Gasteiger partial charge in [0.15, 0.2) is 0 Å². The van der Waals surface area contributed by atoms with Crippen molar-refractivity contribution in [2.75, 3.05) is 40.9 Å². The molecule has 1 amide bonds. The summed E-state index contributed by atoms with van der Waals surface area (Å²) in [4.78, 5) is 25.6. The van der Waals surface area contributed by atoms with Gasteiger partial charge in [0.25, 0.3) is 7.82 Å². The number of quaternary nitrogens is 1. The van der Waals surface area contributed by atoms with Crippen molar-refractivity contribution in [3.05, 3.63) is 97.2 Å². The van der Waals surface area contributed by atoms with E-state index in [9.17, 15) is 19.4 Å². The minimum Gasteiger partial charge on any atom is -0.756 e. The van der Waals surface area contributed by atoms with Crippen molar-refractivity contribution in [2.24, 2.45) is 0 Å². The predicted octanol–water partition coefficient (Wildman–Crippen LogP) is 20.7. The van der Waals surface area contributed by atoms with Gasteiger partial charge >= 0.3 is 0 Å². The Balaban J connectivity index is 3.98. The number of aliphatic hydroxyl groups excluding tert-OH is 1. The summed E-state index contributed by atoms with van der Waals surface area (Å²) in [5.41, 5.74) is 0. The van der Waals surface area contributed by atoms with Crippen LogP contribution in [0.4, 0.5) is 0 Å². The van der Waals surface area contributed by atoms with Gasteiger partial charge in [0.2, 0.25) is 5.91 Å². The van der Waals surface area contributed by atoms with Crippen LogP contribution in [0.5, 0.6) is 0 Å². The molecule has 80 heavy (non-hydrogen) atoms. The number of allylic oxidation sites excluding steroid dienone is 16. The van der Waals surface area contributed by atoms with Gasteiger partial charge in [-0.25, -0.2) is 0 Å². The summed E-state index contributed by atoms with van der Waals surface area (Å²) >= 11 is 0. The first kappa shape index (κ1) is 77.4.